The van der Waals surface area contributed by atoms with Crippen LogP contribution in [0.15, 0.2) is 0 Å². The molecule has 6 heteroatoms. The minimum absolute atomic E-state index is 0.588. The summed E-state index contributed by atoms with van der Waals surface area (Å²) in [5.41, 5.74) is 0. The minimum Gasteiger partial charge on any atom is -0.359 e. The van der Waals surface area contributed by atoms with Crippen molar-refractivity contribution in [1.82, 2.24) is 0 Å². The van der Waals surface area contributed by atoms with E-state index in [1.165, 1.54) is 6.26 Å². The summed E-state index contributed by atoms with van der Waals surface area (Å²) in [5.74, 6) is -0.646. The lowest BCUT2D eigenvalue weighted by Crippen LogP contribution is -2.10. The normalized spacial score (nSPS) is 7.12. The zero-order valence-electron chi connectivity index (χ0n) is 3.60. The molecular weight excluding hydrogens is 241 g/mol. The van der Waals surface area contributed by atoms with Gasteiger partial charge in [0, 0.05) is 0 Å². The van der Waals surface area contributed by atoms with Crippen molar-refractivity contribution in [2.24, 2.45) is 0 Å². The van der Waals surface area contributed by atoms with Crippen molar-refractivity contribution < 1.29 is 9.53 Å². The maximum Gasteiger partial charge on any atom is 0.427 e. The van der Waals surface area contributed by atoms with Gasteiger partial charge in [-0.2, -0.15) is 0 Å². The summed E-state index contributed by atoms with van der Waals surface area (Å²) in [6.07, 6.45) is 1.24. The molecule has 0 N–H and O–H groups in total. The Balaban J connectivity index is 3.53. The Morgan fingerprint density at radius 3 is 2.38 bits per heavy atom. The van der Waals surface area contributed by atoms with Gasteiger partial charge in [0.05, 0.1) is 0 Å². The van der Waals surface area contributed by atoms with E-state index in [9.17, 15) is 4.79 Å². The van der Waals surface area contributed by atoms with E-state index < -0.39 is 10.2 Å². The van der Waals surface area contributed by atoms with E-state index in [2.05, 4.69) is 36.3 Å². The molecule has 0 saturated carbocycles. The van der Waals surface area contributed by atoms with Crippen LogP contribution < -0.4 is 0 Å². The zero-order valence-corrected chi connectivity index (χ0v) is 6.77. The maximum atomic E-state index is 10.2. The Bertz CT molecular complexity index is 130. The van der Waals surface area contributed by atoms with Crippen LogP contribution in [0.4, 0.5) is 4.79 Å². The molecule has 0 aromatic heterocycles. The van der Waals surface area contributed by atoms with Crippen molar-refractivity contribution in [3.8, 4) is 6.26 Å². The first kappa shape index (κ1) is 7.98. The molecular formula is C2BBr2NO2. The molecule has 0 atom stereocenters. The lowest BCUT2D eigenvalue weighted by Gasteiger charge is -1.87. The van der Waals surface area contributed by atoms with Crippen LogP contribution in [0.25, 0.3) is 0 Å². The van der Waals surface area contributed by atoms with Gasteiger partial charge >= 0.3 is 4.36 Å². The predicted molar refractivity (Wildman–Crippen MR) is 35.7 cm³/mol. The maximum absolute atomic E-state index is 10.2. The van der Waals surface area contributed by atoms with E-state index in [0.29, 0.717) is 0 Å². The number of nitrogens with zero attached hydrogens (tertiary/aromatic N) is 1. The van der Waals surface area contributed by atoms with Crippen LogP contribution >= 0.6 is 31.5 Å². The molecule has 0 aliphatic rings. The molecule has 0 heterocycles. The topological polar surface area (TPSA) is 50.1 Å². The lowest BCUT2D eigenvalue weighted by atomic mass is 10.2. The van der Waals surface area contributed by atoms with Crippen LogP contribution in [0.1, 0.15) is 0 Å². The molecule has 0 bridgehead atoms. The number of nitriles is 1. The fourth-order valence-electron chi connectivity index (χ4n) is 0.0895. The Labute approximate surface area is 63.0 Å². The number of carbonyl (C=O) groups excluding carboxylic acids is 1. The molecule has 0 saturated heterocycles. The largest absolute Gasteiger partial charge is 0.427 e. The van der Waals surface area contributed by atoms with Crippen molar-refractivity contribution in [3.05, 3.63) is 0 Å². The van der Waals surface area contributed by atoms with Crippen molar-refractivity contribution in [2.75, 3.05) is 0 Å². The highest BCUT2D eigenvalue weighted by atomic mass is 79.9. The molecule has 0 aliphatic carbocycles. The first-order valence-corrected chi connectivity index (χ1v) is 3.39. The van der Waals surface area contributed by atoms with Gasteiger partial charge in [0.15, 0.2) is 0 Å². The van der Waals surface area contributed by atoms with Gasteiger partial charge in [-0.1, -0.05) is 0 Å². The second kappa shape index (κ2) is 3.92. The Hall–Kier alpha value is -0.0151. The molecule has 42 valence electrons. The number of hydrogen-bond acceptors (Lipinski definition) is 3. The van der Waals surface area contributed by atoms with Gasteiger partial charge in [-0.25, -0.2) is 0 Å². The van der Waals surface area contributed by atoms with Gasteiger partial charge < -0.3 is 4.74 Å². The minimum atomic E-state index is -0.646. The Morgan fingerprint density at radius 1 is 1.75 bits per heavy atom. The average molecular weight is 241 g/mol. The second-order valence-corrected chi connectivity index (χ2v) is 3.87. The van der Waals surface area contributed by atoms with E-state index in [-0.39, 0.29) is 0 Å². The van der Waals surface area contributed by atoms with Gasteiger partial charge in [0.25, 0.3) is 12.1 Å². The first-order chi connectivity index (χ1) is 3.68. The van der Waals surface area contributed by atoms with Crippen molar-refractivity contribution in [1.29, 1.82) is 5.26 Å². The van der Waals surface area contributed by atoms with Crippen LogP contribution in [0.5, 0.6) is 0 Å². The quantitative estimate of drug-likeness (QED) is 0.515. The number of ether oxygens (including phenoxy) is 1. The molecule has 0 amide bonds. The molecule has 0 aromatic carbocycles. The fourth-order valence-corrected chi connectivity index (χ4v) is 0.276. The average Bonchev–Trinajstić information content (AvgIpc) is 1.67. The van der Waals surface area contributed by atoms with Crippen molar-refractivity contribution >= 4 is 41.7 Å². The standard InChI is InChI=1S/C2BBr2NO2/c4-3(5)2(7)8-1-6. The summed E-state index contributed by atoms with van der Waals surface area (Å²) in [6.45, 7) is 0. The highest BCUT2D eigenvalue weighted by molar-refractivity contribution is 9.50. The molecule has 0 spiro atoms. The van der Waals surface area contributed by atoms with Crippen molar-refractivity contribution in [2.45, 2.75) is 0 Å². The van der Waals surface area contributed by atoms with Gasteiger partial charge in [-0.3, -0.25) is 4.79 Å². The summed E-state index contributed by atoms with van der Waals surface area (Å²) in [4.78, 5) is 10.2. The van der Waals surface area contributed by atoms with E-state index in [1.807, 2.05) is 0 Å². The Morgan fingerprint density at radius 2 is 2.25 bits per heavy atom. The van der Waals surface area contributed by atoms with Gasteiger partial charge in [0.2, 0.25) is 0 Å². The van der Waals surface area contributed by atoms with Gasteiger partial charge in [-0.05, 0) is 0 Å². The molecule has 0 aliphatic heterocycles. The smallest absolute Gasteiger partial charge is 0.359 e. The number of halogens is 2. The van der Waals surface area contributed by atoms with Crippen LogP contribution in [-0.4, -0.2) is 10.2 Å². The van der Waals surface area contributed by atoms with E-state index in [4.69, 9.17) is 5.26 Å². The summed E-state index contributed by atoms with van der Waals surface area (Å²) in [5, 5.41) is 7.75. The summed E-state index contributed by atoms with van der Waals surface area (Å²) < 4.78 is 3.29. The van der Waals surface area contributed by atoms with Crippen LogP contribution in [-0.2, 0) is 4.74 Å². The monoisotopic (exact) mass is 239 g/mol. The van der Waals surface area contributed by atoms with Crippen LogP contribution in [0, 0.1) is 11.5 Å². The number of rotatable bonds is 1. The van der Waals surface area contributed by atoms with Crippen LogP contribution in [0.3, 0.4) is 0 Å². The highest BCUT2D eigenvalue weighted by Gasteiger charge is 2.17. The molecule has 8 heavy (non-hydrogen) atoms. The summed E-state index contributed by atoms with van der Waals surface area (Å²) >= 11 is 5.66. The van der Waals surface area contributed by atoms with Gasteiger partial charge in [0.1, 0.15) is 0 Å². The predicted octanol–water partition coefficient (Wildman–Crippen LogP) is 1.46. The molecule has 0 fully saturated rings. The third-order valence-corrected chi connectivity index (χ3v) is 1.07. The molecule has 0 unspecified atom stereocenters. The molecule has 0 radical (unpaired) electrons. The SMILES string of the molecule is N#COC(=O)B(Br)Br. The molecule has 3 nitrogen and oxygen atoms in total. The Kier molecular flexibility index (Phi) is 3.92. The van der Waals surface area contributed by atoms with Crippen LogP contribution in [0.2, 0.25) is 0 Å². The highest BCUT2D eigenvalue weighted by Crippen LogP contribution is 2.04. The van der Waals surface area contributed by atoms with E-state index in [1.54, 1.807) is 0 Å². The second-order valence-electron chi connectivity index (χ2n) is 0.813. The lowest BCUT2D eigenvalue weighted by molar-refractivity contribution is 0.216. The third kappa shape index (κ3) is 3.05. The zero-order chi connectivity index (χ0) is 6.57. The van der Waals surface area contributed by atoms with E-state index >= 15 is 0 Å². The van der Waals surface area contributed by atoms with Crippen molar-refractivity contribution in [3.63, 3.8) is 0 Å². The summed E-state index contributed by atoms with van der Waals surface area (Å²) in [7, 11) is 0. The number of carbonyl (C=O) groups is 1. The molecule has 0 rings (SSSR count). The van der Waals surface area contributed by atoms with E-state index in [0.717, 1.165) is 0 Å². The number of hydrogen-bond donors (Lipinski definition) is 0. The first-order valence-electron chi connectivity index (χ1n) is 1.56. The third-order valence-electron chi connectivity index (χ3n) is 0.324. The fraction of sp³-hybridized carbons (Fsp3) is 0. The summed E-state index contributed by atoms with van der Waals surface area (Å²) in [6, 6.07) is 0. The molecule has 0 aromatic rings. The van der Waals surface area contributed by atoms with Gasteiger partial charge in [-0.15, -0.1) is 36.8 Å².